The molecular formula is C18H13BrO2. The maximum absolute atomic E-state index is 12.0. The van der Waals surface area contributed by atoms with Crippen LogP contribution in [0.4, 0.5) is 0 Å². The molecule has 3 heteroatoms. The van der Waals surface area contributed by atoms with Crippen molar-refractivity contribution in [2.45, 2.75) is 0 Å². The average molecular weight is 341 g/mol. The van der Waals surface area contributed by atoms with Gasteiger partial charge in [-0.05, 0) is 35.4 Å². The van der Waals surface area contributed by atoms with Gasteiger partial charge in [0, 0.05) is 10.0 Å². The van der Waals surface area contributed by atoms with E-state index < -0.39 is 0 Å². The van der Waals surface area contributed by atoms with Gasteiger partial charge in [-0.25, -0.2) is 0 Å². The fourth-order valence-electron chi connectivity index (χ4n) is 1.78. The number of ketones is 1. The minimum Gasteiger partial charge on any atom is -0.299 e. The second-order valence-electron chi connectivity index (χ2n) is 4.37. The molecule has 0 spiro atoms. The lowest BCUT2D eigenvalue weighted by molar-refractivity contribution is -0.104. The maximum atomic E-state index is 12.0. The van der Waals surface area contributed by atoms with Gasteiger partial charge >= 0.3 is 0 Å². The standard InChI is InChI=1S/C18H13BrO2/c19-17-5-1-4-16(13-17)18(21)11-10-15-8-6-14(7-9-15)3-2-12-20/h1-13H/b3-2+,11-10+. The third-order valence-corrected chi connectivity index (χ3v) is 3.33. The zero-order chi connectivity index (χ0) is 15.1. The Morgan fingerprint density at radius 2 is 1.62 bits per heavy atom. The van der Waals surface area contributed by atoms with E-state index in [1.807, 2.05) is 36.4 Å². The highest BCUT2D eigenvalue weighted by atomic mass is 79.9. The summed E-state index contributed by atoms with van der Waals surface area (Å²) in [5.74, 6) is -0.0405. The number of halogens is 1. The van der Waals surface area contributed by atoms with Crippen LogP contribution in [0.15, 0.2) is 65.2 Å². The summed E-state index contributed by atoms with van der Waals surface area (Å²) in [7, 11) is 0. The lowest BCUT2D eigenvalue weighted by Crippen LogP contribution is -1.93. The van der Waals surface area contributed by atoms with Gasteiger partial charge in [0.25, 0.3) is 0 Å². The maximum Gasteiger partial charge on any atom is 0.185 e. The molecule has 0 aliphatic rings. The summed E-state index contributed by atoms with van der Waals surface area (Å²) in [6.45, 7) is 0. The van der Waals surface area contributed by atoms with Gasteiger partial charge in [-0.15, -0.1) is 0 Å². The quantitative estimate of drug-likeness (QED) is 0.454. The fraction of sp³-hybridized carbons (Fsp3) is 0. The molecule has 104 valence electrons. The first-order valence-electron chi connectivity index (χ1n) is 6.39. The summed E-state index contributed by atoms with van der Waals surface area (Å²) in [5.41, 5.74) is 2.52. The Hall–Kier alpha value is -2.26. The Bertz CT molecular complexity index is 697. The van der Waals surface area contributed by atoms with Crippen molar-refractivity contribution in [3.63, 3.8) is 0 Å². The van der Waals surface area contributed by atoms with Gasteiger partial charge in [-0.1, -0.05) is 64.5 Å². The van der Waals surface area contributed by atoms with Gasteiger partial charge in [0.05, 0.1) is 0 Å². The molecule has 2 aromatic carbocycles. The first kappa shape index (κ1) is 15.1. The van der Waals surface area contributed by atoms with Crippen LogP contribution >= 0.6 is 15.9 Å². The third kappa shape index (κ3) is 4.65. The average Bonchev–Trinajstić information content (AvgIpc) is 2.51. The first-order chi connectivity index (χ1) is 10.2. The normalized spacial score (nSPS) is 11.1. The van der Waals surface area contributed by atoms with Gasteiger partial charge < -0.3 is 0 Å². The van der Waals surface area contributed by atoms with Gasteiger partial charge in [-0.3, -0.25) is 9.59 Å². The highest BCUT2D eigenvalue weighted by molar-refractivity contribution is 9.10. The monoisotopic (exact) mass is 340 g/mol. The molecule has 0 bridgehead atoms. The Kier molecular flexibility index (Phi) is 5.41. The summed E-state index contributed by atoms with van der Waals surface area (Å²) < 4.78 is 0.882. The minimum absolute atomic E-state index is 0.0405. The van der Waals surface area contributed by atoms with Gasteiger partial charge in [0.2, 0.25) is 0 Å². The van der Waals surface area contributed by atoms with Crippen LogP contribution in [0.5, 0.6) is 0 Å². The Morgan fingerprint density at radius 1 is 0.952 bits per heavy atom. The molecular weight excluding hydrogens is 328 g/mol. The highest BCUT2D eigenvalue weighted by Crippen LogP contribution is 2.13. The lowest BCUT2D eigenvalue weighted by Gasteiger charge is -1.98. The number of rotatable bonds is 5. The molecule has 21 heavy (non-hydrogen) atoms. The van der Waals surface area contributed by atoms with E-state index in [0.717, 1.165) is 21.9 Å². The molecule has 2 nitrogen and oxygen atoms in total. The predicted octanol–water partition coefficient (Wildman–Crippen LogP) is 4.56. The molecule has 0 aliphatic heterocycles. The van der Waals surface area contributed by atoms with E-state index in [-0.39, 0.29) is 5.78 Å². The molecule has 0 atom stereocenters. The number of carbonyl (C=O) groups excluding carboxylic acids is 2. The van der Waals surface area contributed by atoms with E-state index >= 15 is 0 Å². The van der Waals surface area contributed by atoms with E-state index in [1.54, 1.807) is 30.4 Å². The molecule has 0 aromatic heterocycles. The molecule has 0 heterocycles. The van der Waals surface area contributed by atoms with Gasteiger partial charge in [0.15, 0.2) is 5.78 Å². The van der Waals surface area contributed by atoms with Crippen molar-refractivity contribution < 1.29 is 9.59 Å². The number of allylic oxidation sites excluding steroid dienone is 2. The van der Waals surface area contributed by atoms with E-state index in [4.69, 9.17) is 0 Å². The molecule has 0 aliphatic carbocycles. The Labute approximate surface area is 131 Å². The van der Waals surface area contributed by atoms with Crippen LogP contribution in [0.1, 0.15) is 21.5 Å². The van der Waals surface area contributed by atoms with Crippen molar-refractivity contribution in [2.24, 2.45) is 0 Å². The summed E-state index contributed by atoms with van der Waals surface area (Å²) >= 11 is 3.35. The van der Waals surface area contributed by atoms with Crippen molar-refractivity contribution in [3.8, 4) is 0 Å². The molecule has 0 amide bonds. The zero-order valence-electron chi connectivity index (χ0n) is 11.2. The van der Waals surface area contributed by atoms with Crippen molar-refractivity contribution >= 4 is 40.2 Å². The lowest BCUT2D eigenvalue weighted by atomic mass is 10.1. The summed E-state index contributed by atoms with van der Waals surface area (Å²) in [5, 5.41) is 0. The third-order valence-electron chi connectivity index (χ3n) is 2.84. The van der Waals surface area contributed by atoms with Crippen LogP contribution in [0.2, 0.25) is 0 Å². The Balaban J connectivity index is 2.08. The number of hydrogen-bond donors (Lipinski definition) is 0. The molecule has 0 radical (unpaired) electrons. The summed E-state index contributed by atoms with van der Waals surface area (Å²) in [6, 6.07) is 14.9. The second kappa shape index (κ2) is 7.50. The van der Waals surface area contributed by atoms with Gasteiger partial charge in [-0.2, -0.15) is 0 Å². The van der Waals surface area contributed by atoms with Crippen molar-refractivity contribution in [3.05, 3.63) is 81.8 Å². The molecule has 0 saturated heterocycles. The number of benzene rings is 2. The van der Waals surface area contributed by atoms with E-state index in [9.17, 15) is 9.59 Å². The fourth-order valence-corrected chi connectivity index (χ4v) is 2.18. The molecule has 0 unspecified atom stereocenters. The largest absolute Gasteiger partial charge is 0.299 e. The van der Waals surface area contributed by atoms with E-state index in [0.29, 0.717) is 5.56 Å². The first-order valence-corrected chi connectivity index (χ1v) is 7.18. The van der Waals surface area contributed by atoms with Crippen LogP contribution in [0.3, 0.4) is 0 Å². The minimum atomic E-state index is -0.0405. The van der Waals surface area contributed by atoms with E-state index in [2.05, 4.69) is 15.9 Å². The highest BCUT2D eigenvalue weighted by Gasteiger charge is 2.01. The SMILES string of the molecule is O=C/C=C/c1ccc(/C=C/C(=O)c2cccc(Br)c2)cc1. The Morgan fingerprint density at radius 3 is 2.24 bits per heavy atom. The molecule has 2 aromatic rings. The molecule has 0 saturated carbocycles. The number of carbonyl (C=O) groups is 2. The van der Waals surface area contributed by atoms with Crippen molar-refractivity contribution in [1.82, 2.24) is 0 Å². The predicted molar refractivity (Wildman–Crippen MR) is 89.0 cm³/mol. The van der Waals surface area contributed by atoms with Crippen LogP contribution in [-0.2, 0) is 4.79 Å². The zero-order valence-corrected chi connectivity index (χ0v) is 12.8. The van der Waals surface area contributed by atoms with Gasteiger partial charge in [0.1, 0.15) is 6.29 Å². The van der Waals surface area contributed by atoms with Crippen LogP contribution in [-0.4, -0.2) is 12.1 Å². The molecule has 0 N–H and O–H groups in total. The van der Waals surface area contributed by atoms with E-state index in [1.165, 1.54) is 6.08 Å². The van der Waals surface area contributed by atoms with Crippen LogP contribution < -0.4 is 0 Å². The number of aldehydes is 1. The topological polar surface area (TPSA) is 34.1 Å². The van der Waals surface area contributed by atoms with Crippen molar-refractivity contribution in [2.75, 3.05) is 0 Å². The van der Waals surface area contributed by atoms with Crippen LogP contribution in [0.25, 0.3) is 12.2 Å². The smallest absolute Gasteiger partial charge is 0.185 e. The number of hydrogen-bond acceptors (Lipinski definition) is 2. The van der Waals surface area contributed by atoms with Crippen molar-refractivity contribution in [1.29, 1.82) is 0 Å². The summed E-state index contributed by atoms with van der Waals surface area (Å²) in [4.78, 5) is 22.3. The summed E-state index contributed by atoms with van der Waals surface area (Å²) in [6.07, 6.45) is 7.24. The van der Waals surface area contributed by atoms with Crippen LogP contribution in [0, 0.1) is 0 Å². The molecule has 0 fully saturated rings. The molecule has 2 rings (SSSR count). The second-order valence-corrected chi connectivity index (χ2v) is 5.29.